The van der Waals surface area contributed by atoms with E-state index in [-0.39, 0.29) is 5.56 Å². The maximum Gasteiger partial charge on any atom is 0.266 e. The highest BCUT2D eigenvalue weighted by atomic mass is 16.3. The van der Waals surface area contributed by atoms with Crippen LogP contribution in [0.1, 0.15) is 6.92 Å². The van der Waals surface area contributed by atoms with Gasteiger partial charge in [-0.25, -0.2) is 5.10 Å². The van der Waals surface area contributed by atoms with Gasteiger partial charge in [0.25, 0.3) is 5.56 Å². The number of nitrogens with one attached hydrogen (secondary N) is 2. The molecule has 1 aromatic heterocycles. The monoisotopic (exact) mass is 169 g/mol. The van der Waals surface area contributed by atoms with Crippen LogP contribution in [0.3, 0.4) is 0 Å². The Morgan fingerprint density at radius 3 is 3.17 bits per heavy atom. The van der Waals surface area contributed by atoms with E-state index in [2.05, 4.69) is 15.5 Å². The van der Waals surface area contributed by atoms with Crippen molar-refractivity contribution in [2.24, 2.45) is 0 Å². The molecule has 3 N–H and O–H groups in total. The van der Waals surface area contributed by atoms with Crippen molar-refractivity contribution in [1.29, 1.82) is 0 Å². The number of hydrogen-bond donors (Lipinski definition) is 3. The lowest BCUT2D eigenvalue weighted by molar-refractivity contribution is 0.208. The standard InChI is InChI=1S/C7H11N3O2/c1-5(11)3-8-6-2-7(12)10-9-4-6/h2,4-5,11H,3H2,1H3,(H2,8,10,12). The third-order valence-electron chi connectivity index (χ3n) is 1.27. The van der Waals surface area contributed by atoms with Gasteiger partial charge in [-0.3, -0.25) is 4.79 Å². The topological polar surface area (TPSA) is 78.0 Å². The number of aromatic amines is 1. The van der Waals surface area contributed by atoms with Gasteiger partial charge in [0, 0.05) is 12.6 Å². The fourth-order valence-electron chi connectivity index (χ4n) is 0.738. The first kappa shape index (κ1) is 8.73. The summed E-state index contributed by atoms with van der Waals surface area (Å²) in [6.45, 7) is 2.07. The molecule has 5 nitrogen and oxygen atoms in total. The zero-order valence-corrected chi connectivity index (χ0v) is 6.74. The van der Waals surface area contributed by atoms with Crippen molar-refractivity contribution < 1.29 is 5.11 Å². The minimum Gasteiger partial charge on any atom is -0.392 e. The molecule has 0 spiro atoms. The third kappa shape index (κ3) is 2.71. The first-order valence-electron chi connectivity index (χ1n) is 3.65. The highest BCUT2D eigenvalue weighted by Crippen LogP contribution is 1.97. The Kier molecular flexibility index (Phi) is 2.82. The Bertz CT molecular complexity index is 295. The zero-order chi connectivity index (χ0) is 8.97. The number of aliphatic hydroxyl groups is 1. The molecule has 0 saturated carbocycles. The Morgan fingerprint density at radius 1 is 1.83 bits per heavy atom. The quantitative estimate of drug-likeness (QED) is 0.573. The molecule has 66 valence electrons. The molecule has 0 fully saturated rings. The van der Waals surface area contributed by atoms with E-state index < -0.39 is 6.10 Å². The predicted octanol–water partition coefficient (Wildman–Crippen LogP) is -0.437. The second-order valence-electron chi connectivity index (χ2n) is 2.56. The summed E-state index contributed by atoms with van der Waals surface area (Å²) in [4.78, 5) is 10.7. The molecule has 0 saturated heterocycles. The van der Waals surface area contributed by atoms with Gasteiger partial charge in [0.15, 0.2) is 0 Å². The minimum absolute atomic E-state index is 0.259. The molecule has 5 heteroatoms. The molecule has 0 amide bonds. The molecule has 0 bridgehead atoms. The van der Waals surface area contributed by atoms with Crippen LogP contribution in [0.15, 0.2) is 17.1 Å². The van der Waals surface area contributed by atoms with E-state index in [1.165, 1.54) is 12.3 Å². The number of aromatic nitrogens is 2. The van der Waals surface area contributed by atoms with E-state index in [0.717, 1.165) is 0 Å². The third-order valence-corrected chi connectivity index (χ3v) is 1.27. The van der Waals surface area contributed by atoms with Crippen LogP contribution in [-0.2, 0) is 0 Å². The van der Waals surface area contributed by atoms with E-state index >= 15 is 0 Å². The Morgan fingerprint density at radius 2 is 2.58 bits per heavy atom. The van der Waals surface area contributed by atoms with Gasteiger partial charge in [-0.2, -0.15) is 5.10 Å². The SMILES string of the molecule is CC(O)CNc1cn[nH]c(=O)c1. The minimum atomic E-state index is -0.440. The maximum absolute atomic E-state index is 10.7. The molecule has 1 unspecified atom stereocenters. The molecule has 0 radical (unpaired) electrons. The van der Waals surface area contributed by atoms with Crippen LogP contribution in [-0.4, -0.2) is 28.0 Å². The molecule has 0 aliphatic rings. The molecule has 1 heterocycles. The summed E-state index contributed by atoms with van der Waals surface area (Å²) in [6, 6.07) is 1.38. The van der Waals surface area contributed by atoms with Crippen LogP contribution in [0.5, 0.6) is 0 Å². The normalized spacial score (nSPS) is 12.5. The maximum atomic E-state index is 10.7. The van der Waals surface area contributed by atoms with Crippen LogP contribution in [0.4, 0.5) is 5.69 Å². The zero-order valence-electron chi connectivity index (χ0n) is 6.74. The number of rotatable bonds is 3. The lowest BCUT2D eigenvalue weighted by atomic mass is 10.4. The summed E-state index contributed by atoms with van der Waals surface area (Å²) < 4.78 is 0. The summed E-state index contributed by atoms with van der Waals surface area (Å²) in [5.74, 6) is 0. The van der Waals surface area contributed by atoms with Crippen molar-refractivity contribution in [3.05, 3.63) is 22.6 Å². The van der Waals surface area contributed by atoms with Gasteiger partial charge in [-0.05, 0) is 6.92 Å². The van der Waals surface area contributed by atoms with E-state index in [1.54, 1.807) is 6.92 Å². The molecule has 1 atom stereocenters. The average Bonchev–Trinajstić information content (AvgIpc) is 2.01. The van der Waals surface area contributed by atoms with Gasteiger partial charge >= 0.3 is 0 Å². The first-order chi connectivity index (χ1) is 5.68. The van der Waals surface area contributed by atoms with E-state index in [0.29, 0.717) is 12.2 Å². The molecular weight excluding hydrogens is 158 g/mol. The van der Waals surface area contributed by atoms with Gasteiger partial charge in [0.05, 0.1) is 18.0 Å². The van der Waals surface area contributed by atoms with Crippen molar-refractivity contribution >= 4 is 5.69 Å². The smallest absolute Gasteiger partial charge is 0.266 e. The fourth-order valence-corrected chi connectivity index (χ4v) is 0.738. The van der Waals surface area contributed by atoms with Gasteiger partial charge in [-0.15, -0.1) is 0 Å². The Hall–Kier alpha value is -1.36. The van der Waals surface area contributed by atoms with Crippen LogP contribution >= 0.6 is 0 Å². The second kappa shape index (κ2) is 3.87. The summed E-state index contributed by atoms with van der Waals surface area (Å²) in [5.41, 5.74) is 0.352. The van der Waals surface area contributed by atoms with Crippen LogP contribution in [0, 0.1) is 0 Å². The van der Waals surface area contributed by atoms with Crippen molar-refractivity contribution in [3.63, 3.8) is 0 Å². The van der Waals surface area contributed by atoms with E-state index in [1.807, 2.05) is 0 Å². The van der Waals surface area contributed by atoms with Gasteiger partial charge in [0.2, 0.25) is 0 Å². The van der Waals surface area contributed by atoms with Gasteiger partial charge in [-0.1, -0.05) is 0 Å². The summed E-state index contributed by atoms with van der Waals surface area (Å²) >= 11 is 0. The van der Waals surface area contributed by atoms with Gasteiger partial charge in [0.1, 0.15) is 0 Å². The van der Waals surface area contributed by atoms with E-state index in [9.17, 15) is 4.79 Å². The van der Waals surface area contributed by atoms with E-state index in [4.69, 9.17) is 5.11 Å². The average molecular weight is 169 g/mol. The van der Waals surface area contributed by atoms with Crippen LogP contribution in [0.25, 0.3) is 0 Å². The number of aliphatic hydroxyl groups excluding tert-OH is 1. The molecule has 12 heavy (non-hydrogen) atoms. The highest BCUT2D eigenvalue weighted by molar-refractivity contribution is 5.38. The predicted molar refractivity (Wildman–Crippen MR) is 45.0 cm³/mol. The lowest BCUT2D eigenvalue weighted by Crippen LogP contribution is -2.17. The molecule has 0 aliphatic carbocycles. The fraction of sp³-hybridized carbons (Fsp3) is 0.429. The lowest BCUT2D eigenvalue weighted by Gasteiger charge is -2.06. The van der Waals surface area contributed by atoms with Crippen molar-refractivity contribution in [2.45, 2.75) is 13.0 Å². The van der Waals surface area contributed by atoms with Crippen molar-refractivity contribution in [3.8, 4) is 0 Å². The molecule has 0 aliphatic heterocycles. The second-order valence-corrected chi connectivity index (χ2v) is 2.56. The summed E-state index contributed by atoms with van der Waals surface area (Å²) in [7, 11) is 0. The Balaban J connectivity index is 2.58. The molecule has 0 aromatic carbocycles. The van der Waals surface area contributed by atoms with Gasteiger partial charge < -0.3 is 10.4 Å². The summed E-state index contributed by atoms with van der Waals surface area (Å²) in [6.07, 6.45) is 1.05. The summed E-state index contributed by atoms with van der Waals surface area (Å²) in [5, 5.41) is 17.6. The highest BCUT2D eigenvalue weighted by Gasteiger charge is 1.96. The number of anilines is 1. The van der Waals surface area contributed by atoms with Crippen LogP contribution in [0.2, 0.25) is 0 Å². The first-order valence-corrected chi connectivity index (χ1v) is 3.65. The largest absolute Gasteiger partial charge is 0.392 e. The molecule has 1 aromatic rings. The Labute approximate surface area is 69.4 Å². The van der Waals surface area contributed by atoms with Crippen LogP contribution < -0.4 is 10.9 Å². The molecular formula is C7H11N3O2. The number of nitrogens with zero attached hydrogens (tertiary/aromatic N) is 1. The van der Waals surface area contributed by atoms with Crippen molar-refractivity contribution in [2.75, 3.05) is 11.9 Å². The molecule has 1 rings (SSSR count). The number of hydrogen-bond acceptors (Lipinski definition) is 4. The van der Waals surface area contributed by atoms with Crippen molar-refractivity contribution in [1.82, 2.24) is 10.2 Å². The number of H-pyrrole nitrogens is 1.